The van der Waals surface area contributed by atoms with Gasteiger partial charge in [-0.05, 0) is 51.2 Å². The van der Waals surface area contributed by atoms with Crippen LogP contribution in [0.15, 0.2) is 30.3 Å². The number of rotatable bonds is 2. The summed E-state index contributed by atoms with van der Waals surface area (Å²) in [6.07, 6.45) is 4.25. The summed E-state index contributed by atoms with van der Waals surface area (Å²) >= 11 is 0. The Labute approximate surface area is 143 Å². The van der Waals surface area contributed by atoms with E-state index in [0.29, 0.717) is 25.9 Å². The molecule has 2 fully saturated rings. The topological polar surface area (TPSA) is 46.6 Å². The summed E-state index contributed by atoms with van der Waals surface area (Å²) in [4.78, 5) is 27.1. The molecule has 0 radical (unpaired) electrons. The minimum absolute atomic E-state index is 0.0328. The van der Waals surface area contributed by atoms with E-state index >= 15 is 0 Å². The van der Waals surface area contributed by atoms with Gasteiger partial charge in [0.05, 0.1) is 12.6 Å². The molecule has 1 amide bonds. The minimum atomic E-state index is -0.806. The first kappa shape index (κ1) is 16.6. The highest BCUT2D eigenvalue weighted by molar-refractivity contribution is 5.90. The number of carbonyl (C=O) groups excluding carboxylic acids is 2. The Morgan fingerprint density at radius 1 is 1.29 bits per heavy atom. The molecule has 0 spiro atoms. The Morgan fingerprint density at radius 2 is 2.08 bits per heavy atom. The molecule has 1 aromatic rings. The molecule has 24 heavy (non-hydrogen) atoms. The maximum atomic E-state index is 12.7. The highest BCUT2D eigenvalue weighted by atomic mass is 16.5. The van der Waals surface area contributed by atoms with Crippen LogP contribution < -0.4 is 0 Å². The van der Waals surface area contributed by atoms with Crippen molar-refractivity contribution in [1.29, 1.82) is 0 Å². The maximum Gasteiger partial charge on any atom is 0.332 e. The van der Waals surface area contributed by atoms with Crippen LogP contribution in [0, 0.1) is 11.8 Å². The number of carbonyl (C=O) groups is 2. The predicted molar refractivity (Wildman–Crippen MR) is 91.0 cm³/mol. The van der Waals surface area contributed by atoms with E-state index in [9.17, 15) is 9.59 Å². The summed E-state index contributed by atoms with van der Waals surface area (Å²) in [6.45, 7) is 2.14. The zero-order valence-corrected chi connectivity index (χ0v) is 14.1. The quantitative estimate of drug-likeness (QED) is 0.620. The molecule has 4 heteroatoms. The molecule has 2 saturated heterocycles. The van der Waals surface area contributed by atoms with Gasteiger partial charge in [0, 0.05) is 12.0 Å². The average Bonchev–Trinajstić information content (AvgIpc) is 2.89. The maximum absolute atomic E-state index is 12.7. The third-order valence-corrected chi connectivity index (χ3v) is 4.92. The van der Waals surface area contributed by atoms with Gasteiger partial charge in [0.1, 0.15) is 5.54 Å². The van der Waals surface area contributed by atoms with E-state index in [1.807, 2.05) is 30.3 Å². The molecule has 0 aromatic heterocycles. The van der Waals surface area contributed by atoms with Crippen LogP contribution in [0.4, 0.5) is 0 Å². The van der Waals surface area contributed by atoms with Crippen molar-refractivity contribution >= 4 is 11.9 Å². The van der Waals surface area contributed by atoms with Crippen LogP contribution in [-0.4, -0.2) is 35.0 Å². The summed E-state index contributed by atoms with van der Waals surface area (Å²) in [5, 5.41) is 0. The van der Waals surface area contributed by atoms with Gasteiger partial charge in [0.2, 0.25) is 5.91 Å². The van der Waals surface area contributed by atoms with Gasteiger partial charge in [-0.2, -0.15) is 0 Å². The number of amides is 1. The SMILES string of the molecule is CCOC(=O)[C@]12CCCCC(=O)N1C(C#Cc1ccccc1)CC2. The highest BCUT2D eigenvalue weighted by Crippen LogP contribution is 2.41. The van der Waals surface area contributed by atoms with Crippen molar-refractivity contribution < 1.29 is 14.3 Å². The van der Waals surface area contributed by atoms with Gasteiger partial charge in [0.15, 0.2) is 0 Å². The number of esters is 1. The second kappa shape index (κ2) is 7.09. The number of fused-ring (bicyclic) bond motifs is 1. The first-order valence-corrected chi connectivity index (χ1v) is 8.73. The Kier molecular flexibility index (Phi) is 4.89. The van der Waals surface area contributed by atoms with E-state index in [1.54, 1.807) is 11.8 Å². The van der Waals surface area contributed by atoms with E-state index in [1.165, 1.54) is 0 Å². The fraction of sp³-hybridized carbons (Fsp3) is 0.500. The molecule has 126 valence electrons. The third-order valence-electron chi connectivity index (χ3n) is 4.92. The fourth-order valence-corrected chi connectivity index (χ4v) is 3.79. The fourth-order valence-electron chi connectivity index (χ4n) is 3.79. The zero-order chi connectivity index (χ0) is 17.0. The second-order valence-corrected chi connectivity index (χ2v) is 6.41. The largest absolute Gasteiger partial charge is 0.464 e. The average molecular weight is 325 g/mol. The lowest BCUT2D eigenvalue weighted by atomic mass is 9.91. The molecule has 0 N–H and O–H groups in total. The molecule has 0 aliphatic carbocycles. The van der Waals surface area contributed by atoms with Crippen LogP contribution in [-0.2, 0) is 14.3 Å². The van der Waals surface area contributed by atoms with Gasteiger partial charge in [-0.25, -0.2) is 4.79 Å². The lowest BCUT2D eigenvalue weighted by Gasteiger charge is -2.36. The minimum Gasteiger partial charge on any atom is -0.464 e. The molecule has 1 unspecified atom stereocenters. The van der Waals surface area contributed by atoms with Crippen molar-refractivity contribution in [3.63, 3.8) is 0 Å². The molecule has 4 nitrogen and oxygen atoms in total. The summed E-state index contributed by atoms with van der Waals surface area (Å²) < 4.78 is 5.32. The van der Waals surface area contributed by atoms with Crippen molar-refractivity contribution in [1.82, 2.24) is 4.90 Å². The molecule has 1 aromatic carbocycles. The molecule has 3 rings (SSSR count). The summed E-state index contributed by atoms with van der Waals surface area (Å²) in [6, 6.07) is 9.53. The highest BCUT2D eigenvalue weighted by Gasteiger charge is 2.54. The molecule has 2 aliphatic heterocycles. The lowest BCUT2D eigenvalue weighted by Crippen LogP contribution is -2.55. The van der Waals surface area contributed by atoms with Crippen molar-refractivity contribution in [2.24, 2.45) is 0 Å². The summed E-state index contributed by atoms with van der Waals surface area (Å²) in [5.74, 6) is 6.15. The van der Waals surface area contributed by atoms with E-state index in [0.717, 1.165) is 24.8 Å². The number of nitrogens with zero attached hydrogens (tertiary/aromatic N) is 1. The monoisotopic (exact) mass is 325 g/mol. The van der Waals surface area contributed by atoms with Gasteiger partial charge in [0.25, 0.3) is 0 Å². The summed E-state index contributed by atoms with van der Waals surface area (Å²) in [5.41, 5.74) is 0.119. The van der Waals surface area contributed by atoms with Crippen molar-refractivity contribution in [2.45, 2.75) is 57.0 Å². The Bertz CT molecular complexity index is 673. The van der Waals surface area contributed by atoms with Crippen LogP contribution in [0.5, 0.6) is 0 Å². The number of hydrogen-bond donors (Lipinski definition) is 0. The van der Waals surface area contributed by atoms with Crippen molar-refractivity contribution in [2.75, 3.05) is 6.61 Å². The molecule has 2 heterocycles. The van der Waals surface area contributed by atoms with Crippen LogP contribution in [0.25, 0.3) is 0 Å². The Balaban J connectivity index is 1.91. The summed E-state index contributed by atoms with van der Waals surface area (Å²) in [7, 11) is 0. The molecule has 0 bridgehead atoms. The molecular weight excluding hydrogens is 302 g/mol. The zero-order valence-electron chi connectivity index (χ0n) is 14.1. The number of ether oxygens (including phenoxy) is 1. The van der Waals surface area contributed by atoms with E-state index in [4.69, 9.17) is 4.74 Å². The normalized spacial score (nSPS) is 26.1. The Hall–Kier alpha value is -2.28. The van der Waals surface area contributed by atoms with Gasteiger partial charge in [-0.1, -0.05) is 30.0 Å². The van der Waals surface area contributed by atoms with Crippen molar-refractivity contribution in [3.05, 3.63) is 35.9 Å². The van der Waals surface area contributed by atoms with Gasteiger partial charge in [-0.15, -0.1) is 0 Å². The van der Waals surface area contributed by atoms with Crippen LogP contribution in [0.3, 0.4) is 0 Å². The van der Waals surface area contributed by atoms with E-state index in [-0.39, 0.29) is 17.9 Å². The molecule has 0 saturated carbocycles. The smallest absolute Gasteiger partial charge is 0.332 e. The molecule has 2 aliphatic rings. The number of hydrogen-bond acceptors (Lipinski definition) is 3. The predicted octanol–water partition coefficient (Wildman–Crippen LogP) is 2.91. The van der Waals surface area contributed by atoms with Crippen molar-refractivity contribution in [3.8, 4) is 11.8 Å². The van der Waals surface area contributed by atoms with E-state index < -0.39 is 5.54 Å². The third kappa shape index (κ3) is 3.03. The molecule has 2 atom stereocenters. The van der Waals surface area contributed by atoms with Crippen LogP contribution >= 0.6 is 0 Å². The number of benzene rings is 1. The standard InChI is InChI=1S/C20H23NO3/c1-2-24-19(23)20-14-7-6-10-18(22)21(20)17(13-15-20)12-11-16-8-4-3-5-9-16/h3-5,8-9,17H,2,6-7,10,13-15H2,1H3/t17?,20-/m1/s1. The second-order valence-electron chi connectivity index (χ2n) is 6.41. The van der Waals surface area contributed by atoms with E-state index in [2.05, 4.69) is 11.8 Å². The van der Waals surface area contributed by atoms with Gasteiger partial charge in [-0.3, -0.25) is 4.79 Å². The van der Waals surface area contributed by atoms with Gasteiger partial charge < -0.3 is 9.64 Å². The van der Waals surface area contributed by atoms with Crippen LogP contribution in [0.1, 0.15) is 51.0 Å². The lowest BCUT2D eigenvalue weighted by molar-refractivity contribution is -0.162. The van der Waals surface area contributed by atoms with Crippen LogP contribution in [0.2, 0.25) is 0 Å². The Morgan fingerprint density at radius 3 is 2.83 bits per heavy atom. The first-order chi connectivity index (χ1) is 11.7. The van der Waals surface area contributed by atoms with Gasteiger partial charge >= 0.3 is 5.97 Å². The first-order valence-electron chi connectivity index (χ1n) is 8.73. The molecular formula is C20H23NO3.